The summed E-state index contributed by atoms with van der Waals surface area (Å²) in [4.78, 5) is 23.7. The Balaban J connectivity index is 1.64. The molecule has 0 saturated heterocycles. The number of carbonyl (C=O) groups is 2. The molecule has 1 heterocycles. The highest BCUT2D eigenvalue weighted by molar-refractivity contribution is 7.89. The number of anilines is 1. The largest absolute Gasteiger partial charge is 0.351 e. The lowest BCUT2D eigenvalue weighted by atomic mass is 10.0. The molecule has 2 aromatic rings. The molecule has 7 nitrogen and oxygen atoms in total. The second-order valence-corrected chi connectivity index (χ2v) is 9.01. The summed E-state index contributed by atoms with van der Waals surface area (Å²) in [7, 11) is -2.47. The Morgan fingerprint density at radius 2 is 1.89 bits per heavy atom. The Bertz CT molecular complexity index is 1010. The van der Waals surface area contributed by atoms with E-state index in [-0.39, 0.29) is 23.9 Å². The van der Waals surface area contributed by atoms with Crippen molar-refractivity contribution < 1.29 is 18.0 Å². The smallest absolute Gasteiger partial charge is 0.243 e. The number of nitrogens with one attached hydrogen (secondary N) is 2. The second-order valence-electron chi connectivity index (χ2n) is 6.53. The van der Waals surface area contributed by atoms with Crippen LogP contribution in [-0.4, -0.2) is 38.1 Å². The number of aryl methyl sites for hydroxylation is 1. The molecule has 0 bridgehead atoms. The summed E-state index contributed by atoms with van der Waals surface area (Å²) in [6.45, 7) is -0.0217. The summed E-state index contributed by atoms with van der Waals surface area (Å²) in [5, 5.41) is 6.01. The highest BCUT2D eigenvalue weighted by atomic mass is 35.5. The van der Waals surface area contributed by atoms with Crippen molar-refractivity contribution >= 4 is 39.1 Å². The first kappa shape index (κ1) is 20.3. The number of likely N-dealkylation sites (N-methyl/N-ethyl adjacent to an activating group) is 1. The van der Waals surface area contributed by atoms with Gasteiger partial charge in [-0.2, -0.15) is 4.31 Å². The minimum Gasteiger partial charge on any atom is -0.351 e. The molecule has 0 saturated carbocycles. The van der Waals surface area contributed by atoms with Crippen LogP contribution in [0.1, 0.15) is 17.5 Å². The van der Waals surface area contributed by atoms with Gasteiger partial charge in [-0.3, -0.25) is 9.59 Å². The summed E-state index contributed by atoms with van der Waals surface area (Å²) in [5.74, 6) is -0.496. The third-order valence-electron chi connectivity index (χ3n) is 4.45. The van der Waals surface area contributed by atoms with Gasteiger partial charge in [-0.05, 0) is 47.9 Å². The van der Waals surface area contributed by atoms with Gasteiger partial charge >= 0.3 is 0 Å². The first-order chi connectivity index (χ1) is 13.3. The molecule has 0 fully saturated rings. The van der Waals surface area contributed by atoms with Gasteiger partial charge in [-0.15, -0.1) is 0 Å². The van der Waals surface area contributed by atoms with E-state index in [0.29, 0.717) is 23.6 Å². The zero-order valence-electron chi connectivity index (χ0n) is 15.2. The maximum atomic E-state index is 12.8. The van der Waals surface area contributed by atoms with Crippen LogP contribution in [0.5, 0.6) is 0 Å². The summed E-state index contributed by atoms with van der Waals surface area (Å²) in [6.07, 6.45) is 0.801. The molecule has 148 valence electrons. The van der Waals surface area contributed by atoms with Gasteiger partial charge in [0.15, 0.2) is 0 Å². The maximum Gasteiger partial charge on any atom is 0.243 e. The maximum absolute atomic E-state index is 12.8. The number of amides is 2. The Morgan fingerprint density at radius 3 is 2.61 bits per heavy atom. The molecule has 0 unspecified atom stereocenters. The Morgan fingerprint density at radius 1 is 1.18 bits per heavy atom. The van der Waals surface area contributed by atoms with Crippen LogP contribution in [0.25, 0.3) is 0 Å². The highest BCUT2D eigenvalue weighted by Crippen LogP contribution is 2.26. The predicted molar refractivity (Wildman–Crippen MR) is 107 cm³/mol. The molecule has 9 heteroatoms. The fraction of sp³-hybridized carbons (Fsp3) is 0.263. The van der Waals surface area contributed by atoms with E-state index in [4.69, 9.17) is 11.6 Å². The second kappa shape index (κ2) is 8.30. The van der Waals surface area contributed by atoms with Crippen molar-refractivity contribution in [3.05, 3.63) is 58.6 Å². The predicted octanol–water partition coefficient (Wildman–Crippen LogP) is 2.16. The van der Waals surface area contributed by atoms with Gasteiger partial charge in [0.1, 0.15) is 0 Å². The summed E-state index contributed by atoms with van der Waals surface area (Å²) in [6, 6.07) is 11.6. The Hall–Kier alpha value is -2.42. The topological polar surface area (TPSA) is 95.6 Å². The van der Waals surface area contributed by atoms with Gasteiger partial charge in [0.2, 0.25) is 21.8 Å². The number of rotatable bonds is 6. The van der Waals surface area contributed by atoms with E-state index >= 15 is 0 Å². The van der Waals surface area contributed by atoms with Crippen molar-refractivity contribution in [1.82, 2.24) is 9.62 Å². The van der Waals surface area contributed by atoms with Gasteiger partial charge in [0, 0.05) is 30.7 Å². The first-order valence-corrected chi connectivity index (χ1v) is 10.5. The van der Waals surface area contributed by atoms with E-state index in [0.717, 1.165) is 15.4 Å². The number of carbonyl (C=O) groups excluding carboxylic acids is 2. The number of sulfonamides is 1. The first-order valence-electron chi connectivity index (χ1n) is 8.66. The molecule has 0 radical (unpaired) electrons. The quantitative estimate of drug-likeness (QED) is 0.747. The van der Waals surface area contributed by atoms with Crippen molar-refractivity contribution in [2.24, 2.45) is 0 Å². The molecule has 2 N–H and O–H groups in total. The van der Waals surface area contributed by atoms with Crippen LogP contribution in [0.15, 0.2) is 47.4 Å². The molecular formula is C19H20ClN3O4S. The third kappa shape index (κ3) is 4.70. The van der Waals surface area contributed by atoms with E-state index in [2.05, 4.69) is 10.6 Å². The summed E-state index contributed by atoms with van der Waals surface area (Å²) in [5.41, 5.74) is 2.25. The number of hydrogen-bond acceptors (Lipinski definition) is 4. The normalized spacial score (nSPS) is 13.8. The van der Waals surface area contributed by atoms with Gasteiger partial charge in [0.05, 0.1) is 11.4 Å². The van der Waals surface area contributed by atoms with Crippen molar-refractivity contribution in [2.75, 3.05) is 18.9 Å². The van der Waals surface area contributed by atoms with E-state index in [1.165, 1.54) is 13.1 Å². The lowest BCUT2D eigenvalue weighted by Crippen LogP contribution is -2.38. The summed E-state index contributed by atoms with van der Waals surface area (Å²) >= 11 is 5.82. The lowest BCUT2D eigenvalue weighted by Gasteiger charge is -2.20. The molecule has 0 aliphatic carbocycles. The fourth-order valence-corrected chi connectivity index (χ4v) is 4.15. The molecule has 2 aromatic carbocycles. The van der Waals surface area contributed by atoms with E-state index in [1.807, 2.05) is 0 Å². The van der Waals surface area contributed by atoms with Crippen LogP contribution in [0.3, 0.4) is 0 Å². The Kier molecular flexibility index (Phi) is 6.02. The van der Waals surface area contributed by atoms with E-state index in [9.17, 15) is 18.0 Å². The molecule has 1 aliphatic rings. The van der Waals surface area contributed by atoms with Crippen molar-refractivity contribution in [2.45, 2.75) is 24.3 Å². The van der Waals surface area contributed by atoms with Gasteiger partial charge in [-0.1, -0.05) is 23.7 Å². The standard InChI is InChI=1S/C19H20ClN3O4S/c1-23(12-19(25)21-11-13-2-5-15(20)6-3-13)28(26,27)16-7-8-17-14(10-16)4-9-18(24)22-17/h2-3,5-8,10H,4,9,11-12H2,1H3,(H,21,25)(H,22,24). The highest BCUT2D eigenvalue weighted by Gasteiger charge is 2.25. The zero-order chi connectivity index (χ0) is 20.3. The fourth-order valence-electron chi connectivity index (χ4n) is 2.85. The minimum absolute atomic E-state index is 0.0856. The minimum atomic E-state index is -3.83. The number of nitrogens with zero attached hydrogens (tertiary/aromatic N) is 1. The molecule has 2 amide bonds. The molecule has 0 spiro atoms. The van der Waals surface area contributed by atoms with Crippen LogP contribution in [0.2, 0.25) is 5.02 Å². The average Bonchev–Trinajstić information content (AvgIpc) is 2.67. The molecule has 0 aromatic heterocycles. The van der Waals surface area contributed by atoms with Gasteiger partial charge in [0.25, 0.3) is 0 Å². The van der Waals surface area contributed by atoms with Crippen molar-refractivity contribution in [3.63, 3.8) is 0 Å². The zero-order valence-corrected chi connectivity index (χ0v) is 16.8. The van der Waals surface area contributed by atoms with Crippen LogP contribution in [0, 0.1) is 0 Å². The van der Waals surface area contributed by atoms with Crippen LogP contribution < -0.4 is 10.6 Å². The van der Waals surface area contributed by atoms with Gasteiger partial charge in [-0.25, -0.2) is 8.42 Å². The molecule has 28 heavy (non-hydrogen) atoms. The van der Waals surface area contributed by atoms with E-state index in [1.54, 1.807) is 36.4 Å². The molecular weight excluding hydrogens is 402 g/mol. The Labute approximate surface area is 168 Å². The molecule has 1 aliphatic heterocycles. The van der Waals surface area contributed by atoms with E-state index < -0.39 is 15.9 Å². The number of fused-ring (bicyclic) bond motifs is 1. The monoisotopic (exact) mass is 421 g/mol. The number of benzene rings is 2. The SMILES string of the molecule is CN(CC(=O)NCc1ccc(Cl)cc1)S(=O)(=O)c1ccc2c(c1)CCC(=O)N2. The lowest BCUT2D eigenvalue weighted by molar-refractivity contribution is -0.121. The third-order valence-corrected chi connectivity index (χ3v) is 6.50. The van der Waals surface area contributed by atoms with Gasteiger partial charge < -0.3 is 10.6 Å². The van der Waals surface area contributed by atoms with Crippen LogP contribution in [0.4, 0.5) is 5.69 Å². The van der Waals surface area contributed by atoms with Crippen LogP contribution in [-0.2, 0) is 32.6 Å². The van der Waals surface area contributed by atoms with Crippen molar-refractivity contribution in [1.29, 1.82) is 0 Å². The molecule has 0 atom stereocenters. The molecule has 3 rings (SSSR count). The van der Waals surface area contributed by atoms with Crippen LogP contribution >= 0.6 is 11.6 Å². The number of halogens is 1. The van der Waals surface area contributed by atoms with Crippen molar-refractivity contribution in [3.8, 4) is 0 Å². The average molecular weight is 422 g/mol. The summed E-state index contributed by atoms with van der Waals surface area (Å²) < 4.78 is 26.6. The number of hydrogen-bond donors (Lipinski definition) is 2.